The maximum Gasteiger partial charge on any atom is 0.307 e. The SMILES string of the molecule is O=C(O)Cc1ccc(-c2cccc(F)c2)c(Cl)c1. The number of hydrogen-bond acceptors (Lipinski definition) is 1. The minimum absolute atomic E-state index is 0.0802. The molecule has 0 spiro atoms. The highest BCUT2D eigenvalue weighted by Gasteiger charge is 2.07. The lowest BCUT2D eigenvalue weighted by Gasteiger charge is -2.06. The standard InChI is InChI=1S/C14H10ClFO2/c15-13-6-9(7-14(17)18)4-5-12(13)10-2-1-3-11(16)8-10/h1-6,8H,7H2,(H,17,18). The molecule has 1 N–H and O–H groups in total. The number of carboxylic acids is 1. The van der Waals surface area contributed by atoms with Crippen molar-refractivity contribution in [3.63, 3.8) is 0 Å². The highest BCUT2D eigenvalue weighted by molar-refractivity contribution is 6.33. The zero-order chi connectivity index (χ0) is 13.1. The largest absolute Gasteiger partial charge is 0.481 e. The third-order valence-electron chi connectivity index (χ3n) is 2.52. The first-order chi connectivity index (χ1) is 8.56. The van der Waals surface area contributed by atoms with Crippen LogP contribution in [-0.2, 0) is 11.2 Å². The topological polar surface area (TPSA) is 37.3 Å². The monoisotopic (exact) mass is 264 g/mol. The minimum atomic E-state index is -0.912. The molecule has 0 aliphatic heterocycles. The Morgan fingerprint density at radius 1 is 1.22 bits per heavy atom. The van der Waals surface area contributed by atoms with Crippen LogP contribution < -0.4 is 0 Å². The number of hydrogen-bond donors (Lipinski definition) is 1. The van der Waals surface area contributed by atoms with Crippen LogP contribution in [0.4, 0.5) is 4.39 Å². The van der Waals surface area contributed by atoms with Crippen LogP contribution in [0.5, 0.6) is 0 Å². The van der Waals surface area contributed by atoms with E-state index in [9.17, 15) is 9.18 Å². The van der Waals surface area contributed by atoms with E-state index in [1.54, 1.807) is 30.3 Å². The fraction of sp³-hybridized carbons (Fsp3) is 0.0714. The van der Waals surface area contributed by atoms with Crippen LogP contribution in [0.1, 0.15) is 5.56 Å². The van der Waals surface area contributed by atoms with Gasteiger partial charge in [0.2, 0.25) is 0 Å². The van der Waals surface area contributed by atoms with E-state index in [-0.39, 0.29) is 12.2 Å². The van der Waals surface area contributed by atoms with Crippen LogP contribution >= 0.6 is 11.6 Å². The number of halogens is 2. The van der Waals surface area contributed by atoms with E-state index in [1.165, 1.54) is 12.1 Å². The first-order valence-electron chi connectivity index (χ1n) is 5.32. The van der Waals surface area contributed by atoms with Crippen molar-refractivity contribution in [2.24, 2.45) is 0 Å². The highest BCUT2D eigenvalue weighted by atomic mass is 35.5. The number of carboxylic acid groups (broad SMARTS) is 1. The lowest BCUT2D eigenvalue weighted by molar-refractivity contribution is -0.136. The van der Waals surface area contributed by atoms with Gasteiger partial charge in [0.1, 0.15) is 5.82 Å². The van der Waals surface area contributed by atoms with Gasteiger partial charge in [0.05, 0.1) is 6.42 Å². The van der Waals surface area contributed by atoms with Crippen molar-refractivity contribution in [2.45, 2.75) is 6.42 Å². The van der Waals surface area contributed by atoms with E-state index >= 15 is 0 Å². The minimum Gasteiger partial charge on any atom is -0.481 e. The van der Waals surface area contributed by atoms with E-state index in [2.05, 4.69) is 0 Å². The van der Waals surface area contributed by atoms with Crippen LogP contribution in [0, 0.1) is 5.82 Å². The van der Waals surface area contributed by atoms with Gasteiger partial charge < -0.3 is 5.11 Å². The predicted molar refractivity (Wildman–Crippen MR) is 68.2 cm³/mol. The Hall–Kier alpha value is -1.87. The maximum atomic E-state index is 13.1. The van der Waals surface area contributed by atoms with Crippen LogP contribution in [0.25, 0.3) is 11.1 Å². The van der Waals surface area contributed by atoms with Crippen molar-refractivity contribution in [3.05, 3.63) is 58.9 Å². The summed E-state index contributed by atoms with van der Waals surface area (Å²) >= 11 is 6.08. The zero-order valence-electron chi connectivity index (χ0n) is 9.36. The van der Waals surface area contributed by atoms with Crippen molar-refractivity contribution >= 4 is 17.6 Å². The summed E-state index contributed by atoms with van der Waals surface area (Å²) in [7, 11) is 0. The molecule has 0 fully saturated rings. The normalized spacial score (nSPS) is 10.3. The molecule has 2 aromatic carbocycles. The summed E-state index contributed by atoms with van der Waals surface area (Å²) in [4.78, 5) is 10.6. The fourth-order valence-electron chi connectivity index (χ4n) is 1.73. The summed E-state index contributed by atoms with van der Waals surface area (Å²) in [6.07, 6.45) is -0.0802. The van der Waals surface area contributed by atoms with Crippen LogP contribution in [0.2, 0.25) is 5.02 Å². The number of aliphatic carboxylic acids is 1. The summed E-state index contributed by atoms with van der Waals surface area (Å²) in [5.74, 6) is -1.25. The molecule has 0 radical (unpaired) electrons. The van der Waals surface area contributed by atoms with E-state index in [4.69, 9.17) is 16.7 Å². The molecule has 0 saturated carbocycles. The van der Waals surface area contributed by atoms with Gasteiger partial charge in [-0.2, -0.15) is 0 Å². The van der Waals surface area contributed by atoms with Crippen molar-refractivity contribution in [2.75, 3.05) is 0 Å². The van der Waals surface area contributed by atoms with Gasteiger partial charge in [-0.15, -0.1) is 0 Å². The van der Waals surface area contributed by atoms with Gasteiger partial charge >= 0.3 is 5.97 Å². The Labute approximate surface area is 109 Å². The number of carbonyl (C=O) groups is 1. The second-order valence-electron chi connectivity index (χ2n) is 3.90. The summed E-state index contributed by atoms with van der Waals surface area (Å²) < 4.78 is 13.1. The van der Waals surface area contributed by atoms with Gasteiger partial charge in [-0.25, -0.2) is 4.39 Å². The van der Waals surface area contributed by atoms with Gasteiger partial charge in [-0.1, -0.05) is 35.9 Å². The number of benzene rings is 2. The average molecular weight is 265 g/mol. The Bertz CT molecular complexity index is 596. The Kier molecular flexibility index (Phi) is 3.63. The van der Waals surface area contributed by atoms with Gasteiger partial charge in [-0.3, -0.25) is 4.79 Å². The highest BCUT2D eigenvalue weighted by Crippen LogP contribution is 2.29. The predicted octanol–water partition coefficient (Wildman–Crippen LogP) is 3.77. The summed E-state index contributed by atoms with van der Waals surface area (Å²) in [5, 5.41) is 9.10. The third-order valence-corrected chi connectivity index (χ3v) is 2.84. The van der Waals surface area contributed by atoms with E-state index in [0.29, 0.717) is 21.7 Å². The molecular weight excluding hydrogens is 255 g/mol. The lowest BCUT2D eigenvalue weighted by Crippen LogP contribution is -1.99. The molecule has 18 heavy (non-hydrogen) atoms. The Morgan fingerprint density at radius 2 is 2.00 bits per heavy atom. The molecule has 2 rings (SSSR count). The summed E-state index contributed by atoms with van der Waals surface area (Å²) in [6.45, 7) is 0. The van der Waals surface area contributed by atoms with Gasteiger partial charge in [0, 0.05) is 10.6 Å². The molecule has 92 valence electrons. The molecule has 0 saturated heterocycles. The third kappa shape index (κ3) is 2.87. The quantitative estimate of drug-likeness (QED) is 0.916. The van der Waals surface area contributed by atoms with Crippen molar-refractivity contribution in [3.8, 4) is 11.1 Å². The molecule has 0 unspecified atom stereocenters. The molecule has 0 aliphatic rings. The van der Waals surface area contributed by atoms with Crippen LogP contribution in [0.3, 0.4) is 0 Å². The lowest BCUT2D eigenvalue weighted by atomic mass is 10.0. The summed E-state index contributed by atoms with van der Waals surface area (Å²) in [6, 6.07) is 11.1. The van der Waals surface area contributed by atoms with E-state index in [0.717, 1.165) is 0 Å². The van der Waals surface area contributed by atoms with Crippen LogP contribution in [0.15, 0.2) is 42.5 Å². The van der Waals surface area contributed by atoms with Gasteiger partial charge in [-0.05, 0) is 29.3 Å². The Balaban J connectivity index is 2.38. The van der Waals surface area contributed by atoms with Crippen molar-refractivity contribution < 1.29 is 14.3 Å². The number of rotatable bonds is 3. The molecule has 0 atom stereocenters. The van der Waals surface area contributed by atoms with Crippen LogP contribution in [-0.4, -0.2) is 11.1 Å². The van der Waals surface area contributed by atoms with Crippen molar-refractivity contribution in [1.29, 1.82) is 0 Å². The molecule has 2 nitrogen and oxygen atoms in total. The molecule has 4 heteroatoms. The van der Waals surface area contributed by atoms with Gasteiger partial charge in [0.25, 0.3) is 0 Å². The molecule has 0 amide bonds. The second-order valence-corrected chi connectivity index (χ2v) is 4.30. The van der Waals surface area contributed by atoms with Gasteiger partial charge in [0.15, 0.2) is 0 Å². The Morgan fingerprint density at radius 3 is 2.61 bits per heavy atom. The smallest absolute Gasteiger partial charge is 0.307 e. The molecule has 2 aromatic rings. The average Bonchev–Trinajstić information content (AvgIpc) is 2.28. The first kappa shape index (κ1) is 12.6. The maximum absolute atomic E-state index is 13.1. The first-order valence-corrected chi connectivity index (χ1v) is 5.70. The van der Waals surface area contributed by atoms with Crippen molar-refractivity contribution in [1.82, 2.24) is 0 Å². The molecular formula is C14H10ClFO2. The molecule has 0 aliphatic carbocycles. The second kappa shape index (κ2) is 5.19. The van der Waals surface area contributed by atoms with E-state index in [1.807, 2.05) is 0 Å². The molecule has 0 aromatic heterocycles. The molecule has 0 heterocycles. The fourth-order valence-corrected chi connectivity index (χ4v) is 2.05. The van der Waals surface area contributed by atoms with E-state index < -0.39 is 5.97 Å². The molecule has 0 bridgehead atoms. The summed E-state index contributed by atoms with van der Waals surface area (Å²) in [5.41, 5.74) is 1.97. The zero-order valence-corrected chi connectivity index (χ0v) is 10.1.